The normalized spacial score (nSPS) is 20.5. The molecule has 0 bridgehead atoms. The molecule has 11 rings (SSSR count). The fourth-order valence-corrected chi connectivity index (χ4v) is 11.6. The number of morpholine rings is 1. The number of amides is 3. The number of hydrogen-bond donors (Lipinski definition) is 2. The maximum absolute atomic E-state index is 16.8. The van der Waals surface area contributed by atoms with Crippen molar-refractivity contribution in [3.05, 3.63) is 225 Å². The van der Waals surface area contributed by atoms with Gasteiger partial charge in [-0.2, -0.15) is 0 Å². The first-order chi connectivity index (χ1) is 37.1. The number of hydrogen-bond acceptors (Lipinski definition) is 14. The van der Waals surface area contributed by atoms with E-state index in [4.69, 9.17) is 23.9 Å². The van der Waals surface area contributed by atoms with Crippen molar-refractivity contribution >= 4 is 61.9 Å². The highest BCUT2D eigenvalue weighted by molar-refractivity contribution is 7.22. The summed E-state index contributed by atoms with van der Waals surface area (Å²) >= 11 is 1.21. The molecule has 16 nitrogen and oxygen atoms in total. The van der Waals surface area contributed by atoms with E-state index in [0.29, 0.717) is 44.6 Å². The number of fused-ring (bicyclic) bond motifs is 4. The van der Waals surface area contributed by atoms with Crippen molar-refractivity contribution < 1.29 is 48.2 Å². The Morgan fingerprint density at radius 3 is 2.20 bits per heavy atom. The number of ether oxygens (including phenoxy) is 4. The number of methoxy groups -OCH3 is 1. The number of non-ortho nitro benzene ring substituents is 1. The number of thiazole rings is 1. The molecule has 8 aromatic rings. The van der Waals surface area contributed by atoms with Gasteiger partial charge in [-0.05, 0) is 95.1 Å². The molecule has 0 unspecified atom stereocenters. The van der Waals surface area contributed by atoms with Crippen molar-refractivity contribution in [1.29, 1.82) is 0 Å². The lowest BCUT2D eigenvalue weighted by Gasteiger charge is -2.46. The molecular weight excluding hydrogens is 987 g/mol. The second-order valence-corrected chi connectivity index (χ2v) is 19.2. The number of rotatable bonds is 12. The Hall–Kier alpha value is -9.21. The van der Waals surface area contributed by atoms with E-state index in [2.05, 4.69) is 17.2 Å². The number of carbonyl (C=O) groups is 4. The number of anilines is 2. The zero-order chi connectivity index (χ0) is 52.5. The number of aliphatic hydroxyl groups excluding tert-OH is 1. The number of nitro benzene ring substituents is 1. The lowest BCUT2D eigenvalue weighted by molar-refractivity contribution is -0.384. The van der Waals surface area contributed by atoms with Crippen LogP contribution in [0.15, 0.2) is 176 Å². The van der Waals surface area contributed by atoms with E-state index in [1.807, 2.05) is 83.8 Å². The number of nitrogens with one attached hydrogen (secondary N) is 1. The molecule has 7 aromatic carbocycles. The fraction of sp³-hybridized carbons (Fsp3) is 0.169. The third-order valence-electron chi connectivity index (χ3n) is 14.0. The maximum atomic E-state index is 16.8. The van der Waals surface area contributed by atoms with Crippen molar-refractivity contribution in [1.82, 2.24) is 9.88 Å². The van der Waals surface area contributed by atoms with Gasteiger partial charge < -0.3 is 29.4 Å². The van der Waals surface area contributed by atoms with E-state index >= 15 is 19.2 Å². The van der Waals surface area contributed by atoms with E-state index < -0.39 is 71.0 Å². The van der Waals surface area contributed by atoms with Gasteiger partial charge in [-0.3, -0.25) is 29.4 Å². The van der Waals surface area contributed by atoms with Gasteiger partial charge in [0.05, 0.1) is 52.5 Å². The molecule has 3 amide bonds. The van der Waals surface area contributed by atoms with Crippen LogP contribution >= 0.6 is 11.3 Å². The minimum atomic E-state index is -2.23. The number of nitrogens with zero attached hydrogens (tertiary/aromatic N) is 4. The summed E-state index contributed by atoms with van der Waals surface area (Å²) in [5.41, 5.74) is 1.52. The summed E-state index contributed by atoms with van der Waals surface area (Å²) in [5, 5.41) is 24.9. The molecular formula is C59H45N5O11S. The summed E-state index contributed by atoms with van der Waals surface area (Å²) in [6.45, 7) is -0.923. The largest absolute Gasteiger partial charge is 0.497 e. The molecule has 3 aliphatic heterocycles. The van der Waals surface area contributed by atoms with Gasteiger partial charge in [-0.15, -0.1) is 0 Å². The average molecular weight is 1030 g/mol. The molecule has 378 valence electrons. The summed E-state index contributed by atoms with van der Waals surface area (Å²) in [6, 6.07) is 46.5. The quantitative estimate of drug-likeness (QED) is 0.0508. The van der Waals surface area contributed by atoms with Crippen LogP contribution in [0.2, 0.25) is 0 Å². The molecule has 2 N–H and O–H groups in total. The van der Waals surface area contributed by atoms with E-state index in [1.165, 1.54) is 35.6 Å². The van der Waals surface area contributed by atoms with Crippen LogP contribution in [0.3, 0.4) is 0 Å². The predicted octanol–water partition coefficient (Wildman–Crippen LogP) is 9.62. The molecule has 6 atom stereocenters. The van der Waals surface area contributed by atoms with E-state index in [9.17, 15) is 15.2 Å². The summed E-state index contributed by atoms with van der Waals surface area (Å²) in [5.74, 6) is 3.08. The van der Waals surface area contributed by atoms with Crippen LogP contribution in [0, 0.1) is 27.9 Å². The highest BCUT2D eigenvalue weighted by atomic mass is 32.1. The number of aromatic nitrogens is 1. The van der Waals surface area contributed by atoms with Gasteiger partial charge in [0.15, 0.2) is 5.13 Å². The van der Waals surface area contributed by atoms with Gasteiger partial charge in [0.1, 0.15) is 42.3 Å². The number of aliphatic hydroxyl groups is 1. The Morgan fingerprint density at radius 2 is 1.49 bits per heavy atom. The Morgan fingerprint density at radius 1 is 0.816 bits per heavy atom. The number of para-hydroxylation sites is 2. The molecule has 4 heterocycles. The molecule has 1 aromatic heterocycles. The van der Waals surface area contributed by atoms with Gasteiger partial charge in [-0.1, -0.05) is 114 Å². The second-order valence-electron chi connectivity index (χ2n) is 18.2. The molecule has 76 heavy (non-hydrogen) atoms. The van der Waals surface area contributed by atoms with Gasteiger partial charge in [0, 0.05) is 28.8 Å². The summed E-state index contributed by atoms with van der Waals surface area (Å²) < 4.78 is 25.0. The van der Waals surface area contributed by atoms with Gasteiger partial charge in [0.2, 0.25) is 11.8 Å². The smallest absolute Gasteiger partial charge is 0.421 e. The first-order valence-corrected chi connectivity index (χ1v) is 25.0. The summed E-state index contributed by atoms with van der Waals surface area (Å²) in [6.07, 6.45) is -2.13. The standard InChI is InChI=1S/C59H45N5O11S/c1-72-42-29-24-36(25-30-42)20-21-37-26-31-46-44(34-37)59(56(68)62(46)58(69)74-35-38-22-27-41(28-23-38)64(70)71)49(54(66)61-57-60-45-17-9-11-19-48(45)76-57)51-55(67)75-52(40-14-6-3-7-15-40)50(39-12-4-2-5-13-39)63(51)53(59)43-16-8-10-18-47(43)73-33-32-65/h2-19,22-31,34,49-53,65H,32-33,35H2,1H3,(H,60,61,66)/t49-,50-,51-,52+,53+,59-/m0/s1. The van der Waals surface area contributed by atoms with Gasteiger partial charge >= 0.3 is 12.1 Å². The zero-order valence-electron chi connectivity index (χ0n) is 40.5. The van der Waals surface area contributed by atoms with Crippen LogP contribution in [0.1, 0.15) is 57.1 Å². The number of cyclic esters (lactones) is 1. The lowest BCUT2D eigenvalue weighted by atomic mass is 9.65. The van der Waals surface area contributed by atoms with E-state index in [0.717, 1.165) is 9.60 Å². The monoisotopic (exact) mass is 1030 g/mol. The minimum absolute atomic E-state index is 0.0503. The molecule has 2 fully saturated rings. The molecule has 17 heteroatoms. The van der Waals surface area contributed by atoms with Crippen molar-refractivity contribution in [2.45, 2.75) is 36.3 Å². The Balaban J connectivity index is 1.18. The summed E-state index contributed by atoms with van der Waals surface area (Å²) in [7, 11) is 1.56. The van der Waals surface area contributed by atoms with Crippen LogP contribution < -0.4 is 19.7 Å². The third-order valence-corrected chi connectivity index (χ3v) is 14.9. The van der Waals surface area contributed by atoms with Crippen LogP contribution in [0.5, 0.6) is 11.5 Å². The Bertz CT molecular complexity index is 3570. The Labute approximate surface area is 439 Å². The summed E-state index contributed by atoms with van der Waals surface area (Å²) in [4.78, 5) is 82.1. The fourth-order valence-electron chi connectivity index (χ4n) is 10.8. The van der Waals surface area contributed by atoms with Crippen molar-refractivity contribution in [3.63, 3.8) is 0 Å². The number of nitro groups is 1. The SMILES string of the molecule is COc1ccc(C#Cc2ccc3c(c2)[C@]2(C(=O)N3C(=O)OCc3ccc([N+](=O)[O-])cc3)[C@H](C(=O)Nc3nc4ccccc4s3)[C@H]3C(=O)O[C@H](c4ccccc4)[C@H](c4ccccc4)N3[C@@H]2c2ccccc2OCCO)cc1. The van der Waals surface area contributed by atoms with Crippen molar-refractivity contribution in [2.75, 3.05) is 30.5 Å². The van der Waals surface area contributed by atoms with Gasteiger partial charge in [0.25, 0.3) is 5.69 Å². The first kappa shape index (κ1) is 49.0. The van der Waals surface area contributed by atoms with E-state index in [-0.39, 0.29) is 41.0 Å². The highest BCUT2D eigenvalue weighted by Crippen LogP contribution is 2.67. The molecule has 3 aliphatic rings. The van der Waals surface area contributed by atoms with Crippen LogP contribution in [-0.2, 0) is 35.9 Å². The van der Waals surface area contributed by atoms with Crippen LogP contribution in [-0.4, -0.2) is 70.2 Å². The molecule has 0 saturated carbocycles. The van der Waals surface area contributed by atoms with Crippen LogP contribution in [0.25, 0.3) is 10.2 Å². The predicted molar refractivity (Wildman–Crippen MR) is 281 cm³/mol. The van der Waals surface area contributed by atoms with E-state index in [1.54, 1.807) is 79.9 Å². The lowest BCUT2D eigenvalue weighted by Crippen LogP contribution is -2.54. The minimum Gasteiger partial charge on any atom is -0.497 e. The highest BCUT2D eigenvalue weighted by Gasteiger charge is 2.76. The number of carbonyl (C=O) groups excluding carboxylic acids is 4. The van der Waals surface area contributed by atoms with Gasteiger partial charge in [-0.25, -0.2) is 14.7 Å². The Kier molecular flexibility index (Phi) is 13.3. The van der Waals surface area contributed by atoms with Crippen LogP contribution in [0.4, 0.5) is 21.3 Å². The topological polar surface area (TPSA) is 200 Å². The molecule has 1 spiro atoms. The molecule has 2 saturated heterocycles. The molecule has 0 aliphatic carbocycles. The number of imide groups is 1. The zero-order valence-corrected chi connectivity index (χ0v) is 41.3. The average Bonchev–Trinajstić information content (AvgIpc) is 4.12. The van der Waals surface area contributed by atoms with Crippen molar-refractivity contribution in [2.24, 2.45) is 5.92 Å². The molecule has 0 radical (unpaired) electrons. The first-order valence-electron chi connectivity index (χ1n) is 24.2. The third kappa shape index (κ3) is 8.73. The maximum Gasteiger partial charge on any atom is 0.421 e. The number of benzene rings is 7. The number of esters is 1. The second kappa shape index (κ2) is 20.6. The van der Waals surface area contributed by atoms with Crippen molar-refractivity contribution in [3.8, 4) is 23.3 Å².